The second-order valence-electron chi connectivity index (χ2n) is 4.31. The summed E-state index contributed by atoms with van der Waals surface area (Å²) in [6.45, 7) is 4.87. The average Bonchev–Trinajstić information content (AvgIpc) is 2.27. The van der Waals surface area contributed by atoms with Crippen molar-refractivity contribution in [2.24, 2.45) is 5.73 Å². The Bertz CT molecular complexity index is 295. The van der Waals surface area contributed by atoms with Crippen molar-refractivity contribution in [3.05, 3.63) is 29.8 Å². The number of hydrogen-bond donors (Lipinski definition) is 2. The molecule has 0 heterocycles. The summed E-state index contributed by atoms with van der Waals surface area (Å²) in [4.78, 5) is 0. The molecule has 0 aliphatic carbocycles. The molecule has 0 radical (unpaired) electrons. The van der Waals surface area contributed by atoms with Crippen LogP contribution >= 0.6 is 0 Å². The molecule has 1 atom stereocenters. The van der Waals surface area contributed by atoms with Gasteiger partial charge in [0.05, 0.1) is 0 Å². The molecular formula is C13H21NO2. The largest absolute Gasteiger partial charge is 0.492 e. The Hall–Kier alpha value is -1.06. The Morgan fingerprint density at radius 1 is 1.25 bits per heavy atom. The lowest BCUT2D eigenvalue weighted by molar-refractivity contribution is 0.233. The third-order valence-electron chi connectivity index (χ3n) is 2.51. The lowest BCUT2D eigenvalue weighted by Gasteiger charge is -2.12. The van der Waals surface area contributed by atoms with Gasteiger partial charge in [0.2, 0.25) is 0 Å². The van der Waals surface area contributed by atoms with E-state index >= 15 is 0 Å². The van der Waals surface area contributed by atoms with Gasteiger partial charge in [-0.25, -0.2) is 0 Å². The molecule has 0 aliphatic heterocycles. The fourth-order valence-corrected chi connectivity index (χ4v) is 1.40. The molecule has 3 nitrogen and oxygen atoms in total. The van der Waals surface area contributed by atoms with Gasteiger partial charge in [0, 0.05) is 12.6 Å². The number of rotatable bonds is 6. The van der Waals surface area contributed by atoms with E-state index in [9.17, 15) is 0 Å². The summed E-state index contributed by atoms with van der Waals surface area (Å²) in [6, 6.07) is 7.95. The van der Waals surface area contributed by atoms with E-state index in [2.05, 4.69) is 26.0 Å². The highest BCUT2D eigenvalue weighted by Crippen LogP contribution is 2.18. The van der Waals surface area contributed by atoms with E-state index in [1.165, 1.54) is 5.56 Å². The number of aliphatic hydroxyl groups excluding tert-OH is 1. The van der Waals surface area contributed by atoms with Gasteiger partial charge in [-0.15, -0.1) is 0 Å². The summed E-state index contributed by atoms with van der Waals surface area (Å²) in [5.41, 5.74) is 7.02. The zero-order valence-electron chi connectivity index (χ0n) is 10.0. The number of hydrogen-bond acceptors (Lipinski definition) is 3. The van der Waals surface area contributed by atoms with Gasteiger partial charge in [-0.1, -0.05) is 26.0 Å². The molecule has 1 aromatic rings. The number of benzene rings is 1. The van der Waals surface area contributed by atoms with Crippen LogP contribution in [0.1, 0.15) is 31.7 Å². The van der Waals surface area contributed by atoms with Gasteiger partial charge in [-0.05, 0) is 30.0 Å². The molecule has 0 saturated heterocycles. The average molecular weight is 223 g/mol. The zero-order valence-corrected chi connectivity index (χ0v) is 10.0. The van der Waals surface area contributed by atoms with Crippen LogP contribution in [0.15, 0.2) is 24.3 Å². The van der Waals surface area contributed by atoms with E-state index in [0.29, 0.717) is 18.9 Å². The maximum absolute atomic E-state index is 8.70. The SMILES string of the molecule is CC(C)c1ccc(OCC(N)CCO)cc1. The lowest BCUT2D eigenvalue weighted by atomic mass is 10.0. The maximum Gasteiger partial charge on any atom is 0.119 e. The highest BCUT2D eigenvalue weighted by molar-refractivity contribution is 5.28. The van der Waals surface area contributed by atoms with Crippen molar-refractivity contribution in [2.75, 3.05) is 13.2 Å². The first-order valence-corrected chi connectivity index (χ1v) is 5.72. The highest BCUT2D eigenvalue weighted by Gasteiger charge is 2.03. The first kappa shape index (κ1) is 13.0. The minimum Gasteiger partial charge on any atom is -0.492 e. The fraction of sp³-hybridized carbons (Fsp3) is 0.538. The quantitative estimate of drug-likeness (QED) is 0.774. The Morgan fingerprint density at radius 3 is 2.38 bits per heavy atom. The van der Waals surface area contributed by atoms with Crippen molar-refractivity contribution in [1.82, 2.24) is 0 Å². The van der Waals surface area contributed by atoms with Crippen LogP contribution in [0.2, 0.25) is 0 Å². The van der Waals surface area contributed by atoms with Gasteiger partial charge in [-0.3, -0.25) is 0 Å². The summed E-state index contributed by atoms with van der Waals surface area (Å²) in [7, 11) is 0. The van der Waals surface area contributed by atoms with Gasteiger partial charge in [0.1, 0.15) is 12.4 Å². The predicted molar refractivity (Wildman–Crippen MR) is 65.7 cm³/mol. The van der Waals surface area contributed by atoms with Crippen molar-refractivity contribution < 1.29 is 9.84 Å². The van der Waals surface area contributed by atoms with Crippen LogP contribution in [0.4, 0.5) is 0 Å². The van der Waals surface area contributed by atoms with Crippen molar-refractivity contribution in [1.29, 1.82) is 0 Å². The van der Waals surface area contributed by atoms with Crippen molar-refractivity contribution in [3.8, 4) is 5.75 Å². The standard InChI is InChI=1S/C13H21NO2/c1-10(2)11-3-5-13(6-4-11)16-9-12(14)7-8-15/h3-6,10,12,15H,7-9,14H2,1-2H3. The molecule has 0 spiro atoms. The first-order chi connectivity index (χ1) is 7.63. The Kier molecular flexibility index (Phi) is 5.29. The topological polar surface area (TPSA) is 55.5 Å². The molecule has 1 aromatic carbocycles. The molecule has 3 N–H and O–H groups in total. The normalized spacial score (nSPS) is 12.8. The fourth-order valence-electron chi connectivity index (χ4n) is 1.40. The summed E-state index contributed by atoms with van der Waals surface area (Å²) in [5.74, 6) is 1.36. The number of nitrogens with two attached hydrogens (primary N) is 1. The molecule has 1 rings (SSSR count). The molecule has 0 aliphatic rings. The monoisotopic (exact) mass is 223 g/mol. The zero-order chi connectivity index (χ0) is 12.0. The van der Waals surface area contributed by atoms with Crippen molar-refractivity contribution >= 4 is 0 Å². The van der Waals surface area contributed by atoms with Crippen LogP contribution in [0.3, 0.4) is 0 Å². The summed E-state index contributed by atoms with van der Waals surface area (Å²) in [5, 5.41) is 8.70. The molecule has 0 bridgehead atoms. The third-order valence-corrected chi connectivity index (χ3v) is 2.51. The van der Waals surface area contributed by atoms with Crippen molar-refractivity contribution in [3.63, 3.8) is 0 Å². The van der Waals surface area contributed by atoms with E-state index < -0.39 is 0 Å². The van der Waals surface area contributed by atoms with Gasteiger partial charge < -0.3 is 15.6 Å². The molecule has 0 fully saturated rings. The highest BCUT2D eigenvalue weighted by atomic mass is 16.5. The van der Waals surface area contributed by atoms with Gasteiger partial charge >= 0.3 is 0 Å². The van der Waals surface area contributed by atoms with Crippen LogP contribution < -0.4 is 10.5 Å². The van der Waals surface area contributed by atoms with Crippen LogP contribution in [-0.4, -0.2) is 24.4 Å². The summed E-state index contributed by atoms with van der Waals surface area (Å²) >= 11 is 0. The molecule has 0 saturated carbocycles. The van der Waals surface area contributed by atoms with Gasteiger partial charge in [0.15, 0.2) is 0 Å². The summed E-state index contributed by atoms with van der Waals surface area (Å²) in [6.07, 6.45) is 0.573. The molecule has 0 amide bonds. The van der Waals surface area contributed by atoms with E-state index in [4.69, 9.17) is 15.6 Å². The maximum atomic E-state index is 8.70. The lowest BCUT2D eigenvalue weighted by Crippen LogP contribution is -2.28. The molecule has 90 valence electrons. The van der Waals surface area contributed by atoms with E-state index in [1.54, 1.807) is 0 Å². The second kappa shape index (κ2) is 6.51. The predicted octanol–water partition coefficient (Wildman–Crippen LogP) is 1.90. The van der Waals surface area contributed by atoms with E-state index in [-0.39, 0.29) is 12.6 Å². The number of ether oxygens (including phenoxy) is 1. The molecule has 16 heavy (non-hydrogen) atoms. The molecule has 1 unspecified atom stereocenters. The van der Waals surface area contributed by atoms with Crippen LogP contribution in [-0.2, 0) is 0 Å². The van der Waals surface area contributed by atoms with E-state index in [1.807, 2.05) is 12.1 Å². The second-order valence-corrected chi connectivity index (χ2v) is 4.31. The Balaban J connectivity index is 2.43. The molecule has 3 heteroatoms. The molecule has 0 aromatic heterocycles. The minimum absolute atomic E-state index is 0.102. The minimum atomic E-state index is -0.102. The van der Waals surface area contributed by atoms with Crippen LogP contribution in [0, 0.1) is 0 Å². The van der Waals surface area contributed by atoms with Crippen molar-refractivity contribution in [2.45, 2.75) is 32.2 Å². The first-order valence-electron chi connectivity index (χ1n) is 5.72. The van der Waals surface area contributed by atoms with Gasteiger partial charge in [0.25, 0.3) is 0 Å². The van der Waals surface area contributed by atoms with Crippen LogP contribution in [0.25, 0.3) is 0 Å². The van der Waals surface area contributed by atoms with E-state index in [0.717, 1.165) is 5.75 Å². The summed E-state index contributed by atoms with van der Waals surface area (Å²) < 4.78 is 5.52. The Morgan fingerprint density at radius 2 is 1.88 bits per heavy atom. The number of aliphatic hydroxyl groups is 1. The third kappa shape index (κ3) is 4.21. The molecular weight excluding hydrogens is 202 g/mol. The smallest absolute Gasteiger partial charge is 0.119 e. The Labute approximate surface area is 97.2 Å². The van der Waals surface area contributed by atoms with Gasteiger partial charge in [-0.2, -0.15) is 0 Å². The van der Waals surface area contributed by atoms with Crippen LogP contribution in [0.5, 0.6) is 5.75 Å².